The summed E-state index contributed by atoms with van der Waals surface area (Å²) in [6.07, 6.45) is 1.07. The van der Waals surface area contributed by atoms with Gasteiger partial charge in [-0.3, -0.25) is 4.79 Å². The molecule has 0 radical (unpaired) electrons. The molecule has 3 N–H and O–H groups in total. The third-order valence-corrected chi connectivity index (χ3v) is 4.91. The summed E-state index contributed by atoms with van der Waals surface area (Å²) in [4.78, 5) is 13.8. The fraction of sp³-hybridized carbons (Fsp3) is 0.533. The van der Waals surface area contributed by atoms with E-state index in [1.54, 1.807) is 13.2 Å². The Balaban J connectivity index is 1.98. The molecule has 20 heavy (non-hydrogen) atoms. The number of thiophene rings is 1. The highest BCUT2D eigenvalue weighted by Crippen LogP contribution is 2.42. The number of carbonyl (C=O) groups excluding carboxylic acids is 1. The Morgan fingerprint density at radius 2 is 2.35 bits per heavy atom. The van der Waals surface area contributed by atoms with Gasteiger partial charge in [0.05, 0.1) is 22.4 Å². The average molecular weight is 292 g/mol. The van der Waals surface area contributed by atoms with Crippen LogP contribution in [0.3, 0.4) is 0 Å². The predicted octanol–water partition coefficient (Wildman–Crippen LogP) is 1.60. The van der Waals surface area contributed by atoms with Crippen molar-refractivity contribution in [3.63, 3.8) is 0 Å². The van der Waals surface area contributed by atoms with Crippen LogP contribution in [0.4, 0.5) is 0 Å². The summed E-state index contributed by atoms with van der Waals surface area (Å²) in [6.45, 7) is 4.55. The van der Waals surface area contributed by atoms with Crippen LogP contribution in [0, 0.1) is 17.3 Å². The van der Waals surface area contributed by atoms with Crippen molar-refractivity contribution < 1.29 is 9.53 Å². The van der Waals surface area contributed by atoms with Crippen molar-refractivity contribution in [1.82, 2.24) is 5.32 Å². The van der Waals surface area contributed by atoms with E-state index in [2.05, 4.69) is 31.0 Å². The Labute approximate surface area is 123 Å². The highest BCUT2D eigenvalue weighted by Gasteiger charge is 2.49. The number of nitrogens with two attached hydrogens (primary N) is 1. The molecule has 1 aliphatic rings. The van der Waals surface area contributed by atoms with Gasteiger partial charge in [0.25, 0.3) is 5.91 Å². The summed E-state index contributed by atoms with van der Waals surface area (Å²) in [5.41, 5.74) is 5.31. The SMILES string of the molecule is COC1CC(NC(=O)c2ccc(C#CCN)s2)C1(C)C. The lowest BCUT2D eigenvalue weighted by molar-refractivity contribution is -0.0942. The molecule has 1 aliphatic carbocycles. The molecule has 1 aromatic rings. The van der Waals surface area contributed by atoms with Gasteiger partial charge in [0.1, 0.15) is 0 Å². The monoisotopic (exact) mass is 292 g/mol. The second-order valence-corrected chi connectivity index (χ2v) is 6.56. The Kier molecular flexibility index (Phi) is 4.48. The molecule has 0 aromatic carbocycles. The van der Waals surface area contributed by atoms with Crippen LogP contribution in [0.1, 0.15) is 34.8 Å². The van der Waals surface area contributed by atoms with Crippen molar-refractivity contribution in [2.75, 3.05) is 13.7 Å². The molecule has 1 saturated carbocycles. The number of nitrogens with one attached hydrogen (secondary N) is 1. The molecule has 2 unspecified atom stereocenters. The van der Waals surface area contributed by atoms with E-state index in [0.717, 1.165) is 11.3 Å². The Morgan fingerprint density at radius 3 is 2.95 bits per heavy atom. The van der Waals surface area contributed by atoms with Crippen molar-refractivity contribution in [3.8, 4) is 11.8 Å². The van der Waals surface area contributed by atoms with Gasteiger partial charge in [-0.25, -0.2) is 0 Å². The van der Waals surface area contributed by atoms with E-state index in [9.17, 15) is 4.79 Å². The number of hydrogen-bond acceptors (Lipinski definition) is 4. The smallest absolute Gasteiger partial charge is 0.261 e. The molecule has 1 aromatic heterocycles. The first kappa shape index (κ1) is 15.0. The largest absolute Gasteiger partial charge is 0.381 e. The van der Waals surface area contributed by atoms with Crippen LogP contribution in [0.25, 0.3) is 0 Å². The van der Waals surface area contributed by atoms with Crippen LogP contribution < -0.4 is 11.1 Å². The van der Waals surface area contributed by atoms with E-state index in [1.165, 1.54) is 11.3 Å². The Hall–Kier alpha value is -1.35. The van der Waals surface area contributed by atoms with Crippen LogP contribution >= 0.6 is 11.3 Å². The fourth-order valence-corrected chi connectivity index (χ4v) is 3.21. The fourth-order valence-electron chi connectivity index (χ4n) is 2.42. The second kappa shape index (κ2) is 5.96. The zero-order valence-electron chi connectivity index (χ0n) is 12.0. The number of amides is 1. The molecule has 5 heteroatoms. The first-order valence-electron chi connectivity index (χ1n) is 6.61. The van der Waals surface area contributed by atoms with Crippen LogP contribution in [0.5, 0.6) is 0 Å². The zero-order valence-corrected chi connectivity index (χ0v) is 12.8. The van der Waals surface area contributed by atoms with Gasteiger partial charge in [0.15, 0.2) is 0 Å². The predicted molar refractivity (Wildman–Crippen MR) is 80.7 cm³/mol. The summed E-state index contributed by atoms with van der Waals surface area (Å²) in [6, 6.07) is 3.81. The minimum Gasteiger partial charge on any atom is -0.381 e. The molecular weight excluding hydrogens is 272 g/mol. The van der Waals surface area contributed by atoms with Gasteiger partial charge < -0.3 is 15.8 Å². The zero-order chi connectivity index (χ0) is 14.8. The van der Waals surface area contributed by atoms with Crippen molar-refractivity contribution in [2.45, 2.75) is 32.4 Å². The number of rotatable bonds is 3. The molecule has 1 amide bonds. The van der Waals surface area contributed by atoms with E-state index < -0.39 is 0 Å². The maximum absolute atomic E-state index is 12.2. The molecule has 0 aliphatic heterocycles. The van der Waals surface area contributed by atoms with Crippen LogP contribution in [-0.4, -0.2) is 31.7 Å². The van der Waals surface area contributed by atoms with Gasteiger partial charge in [-0.05, 0) is 18.6 Å². The van der Waals surface area contributed by atoms with E-state index in [4.69, 9.17) is 10.5 Å². The Morgan fingerprint density at radius 1 is 1.60 bits per heavy atom. The summed E-state index contributed by atoms with van der Waals surface area (Å²) >= 11 is 1.39. The standard InChI is InChI=1S/C15H20N2O2S/c1-15(2)12(9-13(15)19-3)17-14(18)11-7-6-10(20-11)5-4-8-16/h6-7,12-13H,8-9,16H2,1-3H3,(H,17,18). The molecule has 0 bridgehead atoms. The lowest BCUT2D eigenvalue weighted by Gasteiger charge is -2.51. The highest BCUT2D eigenvalue weighted by molar-refractivity contribution is 7.14. The summed E-state index contributed by atoms with van der Waals surface area (Å²) in [5.74, 6) is 5.68. The molecule has 108 valence electrons. The number of carbonyl (C=O) groups is 1. The van der Waals surface area contributed by atoms with Gasteiger partial charge in [0.2, 0.25) is 0 Å². The Bertz CT molecular complexity index is 554. The van der Waals surface area contributed by atoms with Gasteiger partial charge >= 0.3 is 0 Å². The van der Waals surface area contributed by atoms with Crippen LogP contribution in [0.15, 0.2) is 12.1 Å². The van der Waals surface area contributed by atoms with E-state index in [1.807, 2.05) is 6.07 Å². The maximum atomic E-state index is 12.2. The summed E-state index contributed by atoms with van der Waals surface area (Å²) < 4.78 is 5.39. The molecule has 1 heterocycles. The van der Waals surface area contributed by atoms with Crippen LogP contribution in [0.2, 0.25) is 0 Å². The number of ether oxygens (including phenoxy) is 1. The molecule has 0 spiro atoms. The molecule has 4 nitrogen and oxygen atoms in total. The van der Waals surface area contributed by atoms with E-state index in [0.29, 0.717) is 11.4 Å². The number of hydrogen-bond donors (Lipinski definition) is 2. The van der Waals surface area contributed by atoms with Gasteiger partial charge in [0, 0.05) is 18.6 Å². The summed E-state index contributed by atoms with van der Waals surface area (Å²) in [5, 5.41) is 3.08. The summed E-state index contributed by atoms with van der Waals surface area (Å²) in [7, 11) is 1.71. The lowest BCUT2D eigenvalue weighted by atomic mass is 9.64. The average Bonchev–Trinajstić information content (AvgIpc) is 2.89. The highest BCUT2D eigenvalue weighted by atomic mass is 32.1. The third kappa shape index (κ3) is 2.88. The number of methoxy groups -OCH3 is 1. The molecule has 2 rings (SSSR count). The second-order valence-electron chi connectivity index (χ2n) is 5.48. The molecule has 2 atom stereocenters. The van der Waals surface area contributed by atoms with E-state index >= 15 is 0 Å². The van der Waals surface area contributed by atoms with Crippen molar-refractivity contribution in [1.29, 1.82) is 0 Å². The minimum absolute atomic E-state index is 0.0240. The first-order chi connectivity index (χ1) is 9.48. The van der Waals surface area contributed by atoms with Crippen molar-refractivity contribution in [2.24, 2.45) is 11.1 Å². The van der Waals surface area contributed by atoms with Crippen molar-refractivity contribution >= 4 is 17.2 Å². The van der Waals surface area contributed by atoms with Crippen molar-refractivity contribution in [3.05, 3.63) is 21.9 Å². The van der Waals surface area contributed by atoms with E-state index in [-0.39, 0.29) is 23.5 Å². The molecule has 0 saturated heterocycles. The molecule has 1 fully saturated rings. The van der Waals surface area contributed by atoms with Gasteiger partial charge in [-0.15, -0.1) is 11.3 Å². The first-order valence-corrected chi connectivity index (χ1v) is 7.43. The third-order valence-electron chi connectivity index (χ3n) is 3.91. The topological polar surface area (TPSA) is 64.3 Å². The maximum Gasteiger partial charge on any atom is 0.261 e. The van der Waals surface area contributed by atoms with Gasteiger partial charge in [-0.1, -0.05) is 25.7 Å². The minimum atomic E-state index is -0.0385. The lowest BCUT2D eigenvalue weighted by Crippen LogP contribution is -2.61. The van der Waals surface area contributed by atoms with Crippen LogP contribution in [-0.2, 0) is 4.74 Å². The quantitative estimate of drug-likeness (QED) is 0.832. The molecular formula is C15H20N2O2S. The van der Waals surface area contributed by atoms with Gasteiger partial charge in [-0.2, -0.15) is 0 Å². The normalized spacial score (nSPS) is 23.4.